The molecule has 1 aromatic rings. The second kappa shape index (κ2) is 6.94. The van der Waals surface area contributed by atoms with Crippen molar-refractivity contribution in [2.75, 3.05) is 13.1 Å². The van der Waals surface area contributed by atoms with E-state index in [-0.39, 0.29) is 12.1 Å². The molecule has 0 spiro atoms. The van der Waals surface area contributed by atoms with Crippen LogP contribution in [-0.2, 0) is 0 Å². The summed E-state index contributed by atoms with van der Waals surface area (Å²) in [6.45, 7) is 5.89. The Morgan fingerprint density at radius 3 is 3.00 bits per heavy atom. The van der Waals surface area contributed by atoms with E-state index in [9.17, 15) is 4.79 Å². The maximum absolute atomic E-state index is 12.4. The van der Waals surface area contributed by atoms with E-state index >= 15 is 0 Å². The number of thiophene rings is 1. The predicted molar refractivity (Wildman–Crippen MR) is 80.5 cm³/mol. The van der Waals surface area contributed by atoms with Crippen LogP contribution in [0.15, 0.2) is 17.5 Å². The standard InChI is InChI=1S/C15H24N2OS/c1-12(2)11-16-15(18)17-9-5-3-4-7-13(17)14-8-6-10-19-14/h6,8,10,12-13H,3-5,7,9,11H2,1-2H3,(H,16,18)/t13-/m0/s1. The molecule has 1 fully saturated rings. The number of urea groups is 1. The van der Waals surface area contributed by atoms with Gasteiger partial charge in [-0.15, -0.1) is 11.3 Å². The van der Waals surface area contributed by atoms with E-state index in [1.807, 2.05) is 4.90 Å². The largest absolute Gasteiger partial charge is 0.338 e. The van der Waals surface area contributed by atoms with Crippen LogP contribution >= 0.6 is 11.3 Å². The van der Waals surface area contributed by atoms with Crippen LogP contribution in [0.1, 0.15) is 50.4 Å². The van der Waals surface area contributed by atoms with Gasteiger partial charge >= 0.3 is 6.03 Å². The summed E-state index contributed by atoms with van der Waals surface area (Å²) in [4.78, 5) is 15.7. The van der Waals surface area contributed by atoms with E-state index in [1.54, 1.807) is 11.3 Å². The van der Waals surface area contributed by atoms with Crippen molar-refractivity contribution in [2.45, 2.75) is 45.6 Å². The molecule has 1 aromatic heterocycles. The Bertz CT molecular complexity index is 389. The summed E-state index contributed by atoms with van der Waals surface area (Å²) in [6.07, 6.45) is 4.67. The average molecular weight is 280 g/mol. The van der Waals surface area contributed by atoms with Gasteiger partial charge in [-0.05, 0) is 30.2 Å². The molecule has 1 N–H and O–H groups in total. The Labute approximate surface area is 120 Å². The smallest absolute Gasteiger partial charge is 0.317 e. The number of hydrogen-bond donors (Lipinski definition) is 1. The lowest BCUT2D eigenvalue weighted by molar-refractivity contribution is 0.175. The van der Waals surface area contributed by atoms with Gasteiger partial charge in [0.1, 0.15) is 0 Å². The first kappa shape index (κ1) is 14.4. The van der Waals surface area contributed by atoms with Crippen molar-refractivity contribution >= 4 is 17.4 Å². The molecule has 0 unspecified atom stereocenters. The third-order valence-corrected chi connectivity index (χ3v) is 4.52. The fourth-order valence-corrected chi connectivity index (χ4v) is 3.39. The fraction of sp³-hybridized carbons (Fsp3) is 0.667. The highest BCUT2D eigenvalue weighted by atomic mass is 32.1. The van der Waals surface area contributed by atoms with E-state index < -0.39 is 0 Å². The Hall–Kier alpha value is -1.03. The first-order chi connectivity index (χ1) is 9.18. The van der Waals surface area contributed by atoms with Crippen molar-refractivity contribution in [3.63, 3.8) is 0 Å². The van der Waals surface area contributed by atoms with Crippen molar-refractivity contribution < 1.29 is 4.79 Å². The monoisotopic (exact) mass is 280 g/mol. The third-order valence-electron chi connectivity index (χ3n) is 3.55. The number of amides is 2. The number of carbonyl (C=O) groups is 1. The van der Waals surface area contributed by atoms with Gasteiger partial charge in [-0.25, -0.2) is 4.79 Å². The predicted octanol–water partition coefficient (Wildman–Crippen LogP) is 4.03. The Kier molecular flexibility index (Phi) is 5.25. The van der Waals surface area contributed by atoms with Gasteiger partial charge in [0.2, 0.25) is 0 Å². The molecule has 1 atom stereocenters. The zero-order valence-electron chi connectivity index (χ0n) is 11.9. The van der Waals surface area contributed by atoms with Gasteiger partial charge in [0.25, 0.3) is 0 Å². The van der Waals surface area contributed by atoms with Crippen molar-refractivity contribution in [1.29, 1.82) is 0 Å². The van der Waals surface area contributed by atoms with Crippen LogP contribution < -0.4 is 5.32 Å². The quantitative estimate of drug-likeness (QED) is 0.890. The topological polar surface area (TPSA) is 32.3 Å². The first-order valence-electron chi connectivity index (χ1n) is 7.26. The van der Waals surface area contributed by atoms with Crippen LogP contribution in [0.2, 0.25) is 0 Å². The maximum atomic E-state index is 12.4. The van der Waals surface area contributed by atoms with Gasteiger partial charge in [0, 0.05) is 18.0 Å². The molecule has 2 rings (SSSR count). The van der Waals surface area contributed by atoms with Crippen molar-refractivity contribution in [1.82, 2.24) is 10.2 Å². The number of rotatable bonds is 3. The minimum Gasteiger partial charge on any atom is -0.338 e. The molecule has 2 amide bonds. The second-order valence-electron chi connectivity index (χ2n) is 5.65. The summed E-state index contributed by atoms with van der Waals surface area (Å²) in [7, 11) is 0. The second-order valence-corrected chi connectivity index (χ2v) is 6.63. The third kappa shape index (κ3) is 3.96. The van der Waals surface area contributed by atoms with E-state index in [0.29, 0.717) is 5.92 Å². The maximum Gasteiger partial charge on any atom is 0.317 e. The summed E-state index contributed by atoms with van der Waals surface area (Å²) < 4.78 is 0. The van der Waals surface area contributed by atoms with Gasteiger partial charge in [0.05, 0.1) is 6.04 Å². The molecule has 1 saturated heterocycles. The summed E-state index contributed by atoms with van der Waals surface area (Å²) in [5.41, 5.74) is 0. The van der Waals surface area contributed by atoms with Gasteiger partial charge in [0.15, 0.2) is 0 Å². The molecule has 0 aliphatic carbocycles. The van der Waals surface area contributed by atoms with Crippen LogP contribution in [0.4, 0.5) is 4.79 Å². The minimum absolute atomic E-state index is 0.106. The highest BCUT2D eigenvalue weighted by Gasteiger charge is 2.27. The molecular weight excluding hydrogens is 256 g/mol. The van der Waals surface area contributed by atoms with Crippen LogP contribution in [0.5, 0.6) is 0 Å². The zero-order valence-corrected chi connectivity index (χ0v) is 12.7. The van der Waals surface area contributed by atoms with Crippen molar-refractivity contribution in [2.24, 2.45) is 5.92 Å². The zero-order chi connectivity index (χ0) is 13.7. The van der Waals surface area contributed by atoms with Crippen molar-refractivity contribution in [3.8, 4) is 0 Å². The SMILES string of the molecule is CC(C)CNC(=O)N1CCCCC[C@H]1c1cccs1. The van der Waals surface area contributed by atoms with E-state index in [0.717, 1.165) is 25.9 Å². The normalized spacial score (nSPS) is 20.4. The molecule has 0 aromatic carbocycles. The summed E-state index contributed by atoms with van der Waals surface area (Å²) in [6, 6.07) is 4.61. The minimum atomic E-state index is 0.106. The first-order valence-corrected chi connectivity index (χ1v) is 8.14. The van der Waals surface area contributed by atoms with Crippen molar-refractivity contribution in [3.05, 3.63) is 22.4 Å². The molecule has 0 radical (unpaired) electrons. The van der Waals surface area contributed by atoms with Gasteiger partial charge < -0.3 is 10.2 Å². The molecular formula is C15H24N2OS. The molecule has 4 heteroatoms. The Morgan fingerprint density at radius 1 is 1.47 bits per heavy atom. The Balaban J connectivity index is 2.06. The van der Waals surface area contributed by atoms with E-state index in [2.05, 4.69) is 36.7 Å². The van der Waals surface area contributed by atoms with Gasteiger partial charge in [-0.2, -0.15) is 0 Å². The van der Waals surface area contributed by atoms with E-state index in [4.69, 9.17) is 0 Å². The van der Waals surface area contributed by atoms with Crippen LogP contribution in [-0.4, -0.2) is 24.0 Å². The number of likely N-dealkylation sites (tertiary alicyclic amines) is 1. The summed E-state index contributed by atoms with van der Waals surface area (Å²) in [5.74, 6) is 0.496. The number of hydrogen-bond acceptors (Lipinski definition) is 2. The van der Waals surface area contributed by atoms with Crippen LogP contribution in [0.25, 0.3) is 0 Å². The lowest BCUT2D eigenvalue weighted by atomic mass is 10.1. The lowest BCUT2D eigenvalue weighted by Crippen LogP contribution is -2.43. The lowest BCUT2D eigenvalue weighted by Gasteiger charge is -2.29. The molecule has 1 aliphatic rings. The number of nitrogens with zero attached hydrogens (tertiary/aromatic N) is 1. The molecule has 0 bridgehead atoms. The summed E-state index contributed by atoms with van der Waals surface area (Å²) >= 11 is 1.76. The number of nitrogens with one attached hydrogen (secondary N) is 1. The van der Waals surface area contributed by atoms with Crippen LogP contribution in [0, 0.1) is 5.92 Å². The average Bonchev–Trinajstić information content (AvgIpc) is 2.80. The summed E-state index contributed by atoms with van der Waals surface area (Å²) in [5, 5.41) is 5.16. The highest BCUT2D eigenvalue weighted by Crippen LogP contribution is 2.32. The van der Waals surface area contributed by atoms with Crippen LogP contribution in [0.3, 0.4) is 0 Å². The highest BCUT2D eigenvalue weighted by molar-refractivity contribution is 7.10. The molecule has 0 saturated carbocycles. The van der Waals surface area contributed by atoms with E-state index in [1.165, 1.54) is 17.7 Å². The Morgan fingerprint density at radius 2 is 2.32 bits per heavy atom. The molecule has 2 heterocycles. The van der Waals surface area contributed by atoms with Gasteiger partial charge in [-0.3, -0.25) is 0 Å². The number of carbonyl (C=O) groups excluding carboxylic acids is 1. The van der Waals surface area contributed by atoms with Gasteiger partial charge in [-0.1, -0.05) is 32.8 Å². The molecule has 19 heavy (non-hydrogen) atoms. The molecule has 1 aliphatic heterocycles. The molecule has 3 nitrogen and oxygen atoms in total. The fourth-order valence-electron chi connectivity index (χ4n) is 2.52. The molecule has 106 valence electrons.